The predicted octanol–water partition coefficient (Wildman–Crippen LogP) is 1.85. The van der Waals surface area contributed by atoms with Gasteiger partial charge in [-0.25, -0.2) is 4.98 Å². The molecule has 0 aliphatic carbocycles. The number of aromatic nitrogens is 6. The lowest BCUT2D eigenvalue weighted by Crippen LogP contribution is -2.09. The highest BCUT2D eigenvalue weighted by Crippen LogP contribution is 2.22. The summed E-state index contributed by atoms with van der Waals surface area (Å²) in [6.45, 7) is 2.01. The second-order valence-electron chi connectivity index (χ2n) is 4.25. The van der Waals surface area contributed by atoms with Crippen LogP contribution >= 0.6 is 15.9 Å². The van der Waals surface area contributed by atoms with E-state index in [1.807, 2.05) is 25.1 Å². The summed E-state index contributed by atoms with van der Waals surface area (Å²) in [6, 6.07) is 5.84. The topological polar surface area (TPSA) is 107 Å². The first-order valence-electron chi connectivity index (χ1n) is 6.01. The normalized spacial score (nSPS) is 10.6. The van der Waals surface area contributed by atoms with E-state index in [4.69, 9.17) is 5.73 Å². The standard InChI is InChI=1S/C12H11BrN8/c1-7-2-3-8(4-9(7)13)17-11-18-10(14)19-12(20-11)21-6-15-5-16-21/h2-6H,1H3,(H3,14,17,18,19,20). The summed E-state index contributed by atoms with van der Waals surface area (Å²) >= 11 is 3.48. The Morgan fingerprint density at radius 3 is 2.81 bits per heavy atom. The fraction of sp³-hybridized carbons (Fsp3) is 0.0833. The lowest BCUT2D eigenvalue weighted by molar-refractivity contribution is 0.800. The van der Waals surface area contributed by atoms with Crippen LogP contribution in [0.4, 0.5) is 17.6 Å². The fourth-order valence-electron chi connectivity index (χ4n) is 1.65. The summed E-state index contributed by atoms with van der Waals surface area (Å²) in [4.78, 5) is 16.2. The van der Waals surface area contributed by atoms with Gasteiger partial charge in [-0.05, 0) is 24.6 Å². The number of hydrogen-bond donors (Lipinski definition) is 2. The molecule has 21 heavy (non-hydrogen) atoms. The minimum Gasteiger partial charge on any atom is -0.368 e. The molecule has 2 heterocycles. The summed E-state index contributed by atoms with van der Waals surface area (Å²) in [7, 11) is 0. The molecule has 3 N–H and O–H groups in total. The molecule has 1 aromatic carbocycles. The van der Waals surface area contributed by atoms with Crippen molar-refractivity contribution in [3.63, 3.8) is 0 Å². The number of benzene rings is 1. The van der Waals surface area contributed by atoms with Gasteiger partial charge in [-0.3, -0.25) is 0 Å². The van der Waals surface area contributed by atoms with Crippen molar-refractivity contribution in [2.24, 2.45) is 0 Å². The Hall–Kier alpha value is -2.55. The van der Waals surface area contributed by atoms with Gasteiger partial charge in [0.2, 0.25) is 11.9 Å². The molecule has 106 valence electrons. The molecule has 0 atom stereocenters. The molecule has 0 fully saturated rings. The molecular weight excluding hydrogens is 336 g/mol. The maximum atomic E-state index is 5.70. The Labute approximate surface area is 128 Å². The smallest absolute Gasteiger partial charge is 0.258 e. The zero-order valence-corrected chi connectivity index (χ0v) is 12.6. The third-order valence-electron chi connectivity index (χ3n) is 2.69. The van der Waals surface area contributed by atoms with E-state index in [1.54, 1.807) is 0 Å². The van der Waals surface area contributed by atoms with Crippen LogP contribution < -0.4 is 11.1 Å². The summed E-state index contributed by atoms with van der Waals surface area (Å²) in [5, 5.41) is 7.04. The third-order valence-corrected chi connectivity index (χ3v) is 3.55. The predicted molar refractivity (Wildman–Crippen MR) is 81.3 cm³/mol. The van der Waals surface area contributed by atoms with E-state index in [9.17, 15) is 0 Å². The summed E-state index contributed by atoms with van der Waals surface area (Å²) in [6.07, 6.45) is 2.88. The Morgan fingerprint density at radius 1 is 1.24 bits per heavy atom. The van der Waals surface area contributed by atoms with Crippen LogP contribution in [0.25, 0.3) is 5.95 Å². The van der Waals surface area contributed by atoms with Crippen molar-refractivity contribution in [3.8, 4) is 5.95 Å². The zero-order valence-electron chi connectivity index (χ0n) is 11.0. The number of rotatable bonds is 3. The fourth-order valence-corrected chi connectivity index (χ4v) is 2.03. The lowest BCUT2D eigenvalue weighted by Gasteiger charge is -2.08. The second kappa shape index (κ2) is 5.44. The molecule has 3 rings (SSSR count). The SMILES string of the molecule is Cc1ccc(Nc2nc(N)nc(-n3cncn3)n2)cc1Br. The van der Waals surface area contributed by atoms with E-state index in [0.717, 1.165) is 15.7 Å². The summed E-state index contributed by atoms with van der Waals surface area (Å²) < 4.78 is 2.40. The minimum absolute atomic E-state index is 0.101. The Kier molecular flexibility index (Phi) is 3.48. The molecule has 0 unspecified atom stereocenters. The summed E-state index contributed by atoms with van der Waals surface area (Å²) in [5.41, 5.74) is 7.67. The van der Waals surface area contributed by atoms with Gasteiger partial charge in [0.1, 0.15) is 12.7 Å². The molecule has 8 nitrogen and oxygen atoms in total. The molecule has 3 aromatic rings. The Bertz CT molecular complexity index is 771. The molecule has 0 spiro atoms. The minimum atomic E-state index is 0.101. The molecule has 0 saturated heterocycles. The van der Waals surface area contributed by atoms with Gasteiger partial charge in [0.05, 0.1) is 0 Å². The van der Waals surface area contributed by atoms with Crippen molar-refractivity contribution < 1.29 is 0 Å². The molecule has 0 radical (unpaired) electrons. The number of halogens is 1. The van der Waals surface area contributed by atoms with Gasteiger partial charge in [0, 0.05) is 10.2 Å². The van der Waals surface area contributed by atoms with Crippen LogP contribution in [0.3, 0.4) is 0 Å². The van der Waals surface area contributed by atoms with E-state index in [-0.39, 0.29) is 5.95 Å². The first-order valence-corrected chi connectivity index (χ1v) is 6.81. The number of nitrogens with zero attached hydrogens (tertiary/aromatic N) is 6. The van der Waals surface area contributed by atoms with Crippen LogP contribution in [0.5, 0.6) is 0 Å². The van der Waals surface area contributed by atoms with Crippen molar-refractivity contribution >= 4 is 33.5 Å². The first-order chi connectivity index (χ1) is 10.1. The van der Waals surface area contributed by atoms with Gasteiger partial charge in [-0.15, -0.1) is 0 Å². The van der Waals surface area contributed by atoms with Gasteiger partial charge in [-0.2, -0.15) is 24.7 Å². The van der Waals surface area contributed by atoms with Gasteiger partial charge in [-0.1, -0.05) is 22.0 Å². The Morgan fingerprint density at radius 2 is 2.10 bits per heavy atom. The van der Waals surface area contributed by atoms with E-state index in [0.29, 0.717) is 11.9 Å². The van der Waals surface area contributed by atoms with Crippen LogP contribution in [-0.2, 0) is 0 Å². The number of nitrogen functional groups attached to an aromatic ring is 1. The van der Waals surface area contributed by atoms with Crippen LogP contribution in [0.15, 0.2) is 35.3 Å². The first kappa shape index (κ1) is 13.4. The maximum absolute atomic E-state index is 5.70. The highest BCUT2D eigenvalue weighted by molar-refractivity contribution is 9.10. The molecule has 0 aliphatic rings. The van der Waals surface area contributed by atoms with Crippen molar-refractivity contribution in [2.75, 3.05) is 11.1 Å². The number of hydrogen-bond acceptors (Lipinski definition) is 7. The molecule has 0 bridgehead atoms. The summed E-state index contributed by atoms with van der Waals surface area (Å²) in [5.74, 6) is 0.738. The zero-order chi connectivity index (χ0) is 14.8. The number of nitrogens with two attached hydrogens (primary N) is 1. The van der Waals surface area contributed by atoms with Gasteiger partial charge in [0.15, 0.2) is 0 Å². The van der Waals surface area contributed by atoms with Crippen molar-refractivity contribution in [2.45, 2.75) is 6.92 Å². The van der Waals surface area contributed by atoms with Crippen LogP contribution in [0.2, 0.25) is 0 Å². The van der Waals surface area contributed by atoms with Crippen molar-refractivity contribution in [1.29, 1.82) is 0 Å². The molecule has 2 aromatic heterocycles. The number of aryl methyl sites for hydroxylation is 1. The van der Waals surface area contributed by atoms with Crippen LogP contribution in [0.1, 0.15) is 5.56 Å². The average Bonchev–Trinajstić information content (AvgIpc) is 2.96. The number of anilines is 3. The van der Waals surface area contributed by atoms with E-state index in [2.05, 4.69) is 46.3 Å². The molecule has 0 saturated carbocycles. The largest absolute Gasteiger partial charge is 0.368 e. The number of nitrogens with one attached hydrogen (secondary N) is 1. The lowest BCUT2D eigenvalue weighted by atomic mass is 10.2. The average molecular weight is 347 g/mol. The van der Waals surface area contributed by atoms with Crippen LogP contribution in [0, 0.1) is 6.92 Å². The van der Waals surface area contributed by atoms with Crippen molar-refractivity contribution in [1.82, 2.24) is 29.7 Å². The van der Waals surface area contributed by atoms with Crippen LogP contribution in [-0.4, -0.2) is 29.7 Å². The molecule has 0 amide bonds. The monoisotopic (exact) mass is 346 g/mol. The van der Waals surface area contributed by atoms with Gasteiger partial charge >= 0.3 is 0 Å². The highest BCUT2D eigenvalue weighted by atomic mass is 79.9. The van der Waals surface area contributed by atoms with E-state index < -0.39 is 0 Å². The second-order valence-corrected chi connectivity index (χ2v) is 5.10. The van der Waals surface area contributed by atoms with Gasteiger partial charge in [0.25, 0.3) is 5.95 Å². The van der Waals surface area contributed by atoms with E-state index in [1.165, 1.54) is 17.3 Å². The maximum Gasteiger partial charge on any atom is 0.258 e. The van der Waals surface area contributed by atoms with E-state index >= 15 is 0 Å². The Balaban J connectivity index is 1.93. The van der Waals surface area contributed by atoms with Gasteiger partial charge < -0.3 is 11.1 Å². The molecule has 9 heteroatoms. The molecular formula is C12H11BrN8. The third kappa shape index (κ3) is 2.97. The molecule has 0 aliphatic heterocycles. The highest BCUT2D eigenvalue weighted by Gasteiger charge is 2.07. The quantitative estimate of drug-likeness (QED) is 0.744. The van der Waals surface area contributed by atoms with Crippen molar-refractivity contribution in [3.05, 3.63) is 40.9 Å².